The van der Waals surface area contributed by atoms with Gasteiger partial charge < -0.3 is 10.6 Å². The second-order valence-corrected chi connectivity index (χ2v) is 7.42. The lowest BCUT2D eigenvalue weighted by molar-refractivity contribution is -0.135. The summed E-state index contributed by atoms with van der Waals surface area (Å²) in [6.07, 6.45) is 4.03. The number of hydrogen-bond acceptors (Lipinski definition) is 4. The van der Waals surface area contributed by atoms with Crippen molar-refractivity contribution in [2.75, 3.05) is 6.54 Å². The van der Waals surface area contributed by atoms with E-state index in [9.17, 15) is 14.4 Å². The van der Waals surface area contributed by atoms with Crippen LogP contribution >= 0.6 is 11.3 Å². The minimum atomic E-state index is -0.972. The van der Waals surface area contributed by atoms with Crippen molar-refractivity contribution in [3.05, 3.63) is 21.9 Å². The molecule has 0 saturated carbocycles. The molecule has 3 rings (SSSR count). The molecule has 0 bridgehead atoms. The third kappa shape index (κ3) is 2.70. The molecule has 1 aromatic rings. The lowest BCUT2D eigenvalue weighted by Gasteiger charge is -2.31. The summed E-state index contributed by atoms with van der Waals surface area (Å²) >= 11 is 1.62. The van der Waals surface area contributed by atoms with Crippen LogP contribution in [-0.4, -0.2) is 35.3 Å². The van der Waals surface area contributed by atoms with E-state index in [0.717, 1.165) is 41.0 Å². The van der Waals surface area contributed by atoms with E-state index in [4.69, 9.17) is 0 Å². The highest BCUT2D eigenvalue weighted by molar-refractivity contribution is 7.10. The first kappa shape index (κ1) is 17.0. The number of amides is 4. The van der Waals surface area contributed by atoms with Crippen LogP contribution in [0.2, 0.25) is 0 Å². The first-order valence-electron chi connectivity index (χ1n) is 8.52. The minimum Gasteiger partial charge on any atom is -0.352 e. The Morgan fingerprint density at radius 2 is 2.17 bits per heavy atom. The summed E-state index contributed by atoms with van der Waals surface area (Å²) in [5.74, 6) is -0.586. The lowest BCUT2D eigenvalue weighted by atomic mass is 9.80. The van der Waals surface area contributed by atoms with Gasteiger partial charge in [0.05, 0.1) is 0 Å². The van der Waals surface area contributed by atoms with E-state index in [-0.39, 0.29) is 24.4 Å². The van der Waals surface area contributed by atoms with E-state index >= 15 is 0 Å². The first-order chi connectivity index (χ1) is 11.5. The zero-order valence-electron chi connectivity index (χ0n) is 14.1. The highest BCUT2D eigenvalue weighted by Gasteiger charge is 2.54. The normalized spacial score (nSPS) is 22.9. The number of rotatable bonds is 5. The van der Waals surface area contributed by atoms with E-state index < -0.39 is 11.6 Å². The molecule has 0 aromatic carbocycles. The molecule has 24 heavy (non-hydrogen) atoms. The molecule has 1 aliphatic heterocycles. The van der Waals surface area contributed by atoms with Crippen LogP contribution in [0, 0.1) is 0 Å². The molecule has 1 aliphatic carbocycles. The Hall–Kier alpha value is -1.89. The van der Waals surface area contributed by atoms with Gasteiger partial charge >= 0.3 is 6.03 Å². The van der Waals surface area contributed by atoms with Gasteiger partial charge in [0, 0.05) is 16.5 Å². The van der Waals surface area contributed by atoms with Crippen molar-refractivity contribution in [2.24, 2.45) is 0 Å². The summed E-state index contributed by atoms with van der Waals surface area (Å²) in [5.41, 5.74) is -0.0696. The third-order valence-electron chi connectivity index (χ3n) is 4.99. The van der Waals surface area contributed by atoms with Crippen LogP contribution in [0.1, 0.15) is 50.0 Å². The lowest BCUT2D eigenvalue weighted by Crippen LogP contribution is -2.47. The second kappa shape index (κ2) is 6.55. The molecule has 4 amide bonds. The predicted octanol–water partition coefficient (Wildman–Crippen LogP) is 2.14. The molecule has 0 radical (unpaired) electrons. The van der Waals surface area contributed by atoms with E-state index in [2.05, 4.69) is 10.6 Å². The molecule has 7 heteroatoms. The fraction of sp³-hybridized carbons (Fsp3) is 0.588. The van der Waals surface area contributed by atoms with Crippen molar-refractivity contribution < 1.29 is 14.4 Å². The maximum absolute atomic E-state index is 13.0. The quantitative estimate of drug-likeness (QED) is 0.800. The van der Waals surface area contributed by atoms with Gasteiger partial charge in [-0.05, 0) is 43.6 Å². The monoisotopic (exact) mass is 349 g/mol. The molecule has 6 nitrogen and oxygen atoms in total. The van der Waals surface area contributed by atoms with Crippen LogP contribution in [-0.2, 0) is 21.5 Å². The number of hydrogen-bond donors (Lipinski definition) is 2. The van der Waals surface area contributed by atoms with Gasteiger partial charge in [-0.1, -0.05) is 13.8 Å². The maximum atomic E-state index is 13.0. The van der Waals surface area contributed by atoms with Gasteiger partial charge in [0.25, 0.3) is 5.91 Å². The largest absolute Gasteiger partial charge is 0.352 e. The number of aryl methyl sites for hydroxylation is 1. The van der Waals surface area contributed by atoms with E-state index in [1.807, 2.05) is 25.3 Å². The maximum Gasteiger partial charge on any atom is 0.325 e. The number of urea groups is 1. The molecule has 2 aliphatic rings. The molecule has 2 N–H and O–H groups in total. The van der Waals surface area contributed by atoms with Crippen LogP contribution in [0.5, 0.6) is 0 Å². The summed E-state index contributed by atoms with van der Waals surface area (Å²) in [7, 11) is 0. The van der Waals surface area contributed by atoms with Crippen molar-refractivity contribution >= 4 is 29.2 Å². The number of nitrogens with zero attached hydrogens (tertiary/aromatic N) is 1. The number of carbonyl (C=O) groups is 3. The van der Waals surface area contributed by atoms with Gasteiger partial charge in [-0.25, -0.2) is 4.79 Å². The Morgan fingerprint density at radius 1 is 1.42 bits per heavy atom. The smallest absolute Gasteiger partial charge is 0.325 e. The average molecular weight is 349 g/mol. The standard InChI is InChI=1S/C17H23N3O3S/c1-3-11(4-2)18-14(21)10-20-15(22)17(19-16(20)23)8-5-6-13-12(17)7-9-24-13/h7,9,11H,3-6,8,10H2,1-2H3,(H,18,21)(H,19,23)/t17-/m1/s1. The Morgan fingerprint density at radius 3 is 2.88 bits per heavy atom. The number of imide groups is 1. The minimum absolute atomic E-state index is 0.0744. The van der Waals surface area contributed by atoms with Crippen molar-refractivity contribution in [3.63, 3.8) is 0 Å². The van der Waals surface area contributed by atoms with Crippen LogP contribution < -0.4 is 10.6 Å². The fourth-order valence-electron chi connectivity index (χ4n) is 3.59. The summed E-state index contributed by atoms with van der Waals surface area (Å²) in [6.45, 7) is 3.77. The van der Waals surface area contributed by atoms with Crippen molar-refractivity contribution in [3.8, 4) is 0 Å². The number of fused-ring (bicyclic) bond motifs is 2. The summed E-state index contributed by atoms with van der Waals surface area (Å²) in [5, 5.41) is 7.70. The zero-order valence-corrected chi connectivity index (χ0v) is 14.9. The van der Waals surface area contributed by atoms with Crippen LogP contribution in [0.3, 0.4) is 0 Å². The molecule has 130 valence electrons. The summed E-state index contributed by atoms with van der Waals surface area (Å²) in [4.78, 5) is 39.8. The van der Waals surface area contributed by atoms with Gasteiger partial charge in [0.2, 0.25) is 5.91 Å². The Balaban J connectivity index is 1.78. The first-order valence-corrected chi connectivity index (χ1v) is 9.40. The molecular weight excluding hydrogens is 326 g/mol. The van der Waals surface area contributed by atoms with Crippen LogP contribution in [0.4, 0.5) is 4.79 Å². The van der Waals surface area contributed by atoms with Crippen LogP contribution in [0.15, 0.2) is 11.4 Å². The zero-order chi connectivity index (χ0) is 17.3. The van der Waals surface area contributed by atoms with E-state index in [1.165, 1.54) is 0 Å². The molecule has 1 aromatic heterocycles. The molecule has 1 atom stereocenters. The molecule has 2 heterocycles. The topological polar surface area (TPSA) is 78.5 Å². The van der Waals surface area contributed by atoms with E-state index in [1.54, 1.807) is 11.3 Å². The number of thiophene rings is 1. The fourth-order valence-corrected chi connectivity index (χ4v) is 4.59. The SMILES string of the molecule is CCC(CC)NC(=O)CN1C(=O)N[C@@]2(CCCc3sccc32)C1=O. The van der Waals surface area contributed by atoms with Gasteiger partial charge in [0.1, 0.15) is 12.1 Å². The van der Waals surface area contributed by atoms with Crippen molar-refractivity contribution in [1.82, 2.24) is 15.5 Å². The van der Waals surface area contributed by atoms with Gasteiger partial charge in [-0.3, -0.25) is 14.5 Å². The average Bonchev–Trinajstić information content (AvgIpc) is 3.13. The predicted molar refractivity (Wildman–Crippen MR) is 91.7 cm³/mol. The number of nitrogens with one attached hydrogen (secondary N) is 2. The number of carbonyl (C=O) groups excluding carboxylic acids is 3. The summed E-state index contributed by atoms with van der Waals surface area (Å²) < 4.78 is 0. The third-order valence-corrected chi connectivity index (χ3v) is 5.97. The van der Waals surface area contributed by atoms with Crippen molar-refractivity contribution in [1.29, 1.82) is 0 Å². The Bertz CT molecular complexity index is 668. The molecule has 1 fully saturated rings. The molecule has 0 unspecified atom stereocenters. The molecular formula is C17H23N3O3S. The van der Waals surface area contributed by atoms with Crippen LogP contribution in [0.25, 0.3) is 0 Å². The highest BCUT2D eigenvalue weighted by atomic mass is 32.1. The Labute approximate surface area is 145 Å². The highest BCUT2D eigenvalue weighted by Crippen LogP contribution is 2.41. The van der Waals surface area contributed by atoms with Gasteiger partial charge in [-0.2, -0.15) is 0 Å². The second-order valence-electron chi connectivity index (χ2n) is 6.42. The van der Waals surface area contributed by atoms with E-state index in [0.29, 0.717) is 6.42 Å². The Kier molecular flexibility index (Phi) is 4.62. The summed E-state index contributed by atoms with van der Waals surface area (Å²) in [6, 6.07) is 1.52. The molecule has 1 saturated heterocycles. The van der Waals surface area contributed by atoms with Crippen molar-refractivity contribution in [2.45, 2.75) is 57.5 Å². The van der Waals surface area contributed by atoms with Gasteiger partial charge in [-0.15, -0.1) is 11.3 Å². The molecule has 1 spiro atoms. The van der Waals surface area contributed by atoms with Gasteiger partial charge in [0.15, 0.2) is 0 Å².